The molecule has 1 aliphatic rings. The van der Waals surface area contributed by atoms with Crippen molar-refractivity contribution in [3.05, 3.63) is 15.9 Å². The van der Waals surface area contributed by atoms with Gasteiger partial charge in [0.05, 0.1) is 22.0 Å². The van der Waals surface area contributed by atoms with E-state index in [-0.39, 0.29) is 6.10 Å². The summed E-state index contributed by atoms with van der Waals surface area (Å²) in [5, 5.41) is 17.4. The van der Waals surface area contributed by atoms with Crippen LogP contribution in [0.3, 0.4) is 0 Å². The third kappa shape index (κ3) is 3.33. The van der Waals surface area contributed by atoms with Gasteiger partial charge in [-0.1, -0.05) is 0 Å². The molecular formula is C13H22BrN3O. The molecular weight excluding hydrogens is 294 g/mol. The van der Waals surface area contributed by atoms with Crippen LogP contribution in [0.1, 0.15) is 37.1 Å². The van der Waals surface area contributed by atoms with E-state index in [2.05, 4.69) is 26.3 Å². The van der Waals surface area contributed by atoms with Crippen LogP contribution in [0.5, 0.6) is 0 Å². The van der Waals surface area contributed by atoms with Gasteiger partial charge in [0.15, 0.2) is 0 Å². The largest absolute Gasteiger partial charge is 0.393 e. The minimum absolute atomic E-state index is 0.0601. The molecule has 0 radical (unpaired) electrons. The maximum absolute atomic E-state index is 9.47. The summed E-state index contributed by atoms with van der Waals surface area (Å²) < 4.78 is 3.04. The highest BCUT2D eigenvalue weighted by molar-refractivity contribution is 9.10. The van der Waals surface area contributed by atoms with E-state index in [9.17, 15) is 5.11 Å². The molecule has 0 atom stereocenters. The first-order valence-electron chi connectivity index (χ1n) is 6.64. The Hall–Kier alpha value is -0.390. The lowest BCUT2D eigenvalue weighted by Gasteiger charge is -2.25. The number of aryl methyl sites for hydroxylation is 2. The van der Waals surface area contributed by atoms with Crippen molar-refractivity contribution in [2.75, 3.05) is 6.54 Å². The molecule has 0 unspecified atom stereocenters. The van der Waals surface area contributed by atoms with Crippen LogP contribution < -0.4 is 5.32 Å². The van der Waals surface area contributed by atoms with Crippen molar-refractivity contribution < 1.29 is 5.11 Å². The quantitative estimate of drug-likeness (QED) is 0.895. The van der Waals surface area contributed by atoms with Gasteiger partial charge in [-0.15, -0.1) is 0 Å². The van der Waals surface area contributed by atoms with E-state index in [1.54, 1.807) is 0 Å². The van der Waals surface area contributed by atoms with E-state index >= 15 is 0 Å². The zero-order valence-electron chi connectivity index (χ0n) is 11.1. The van der Waals surface area contributed by atoms with Crippen molar-refractivity contribution in [1.29, 1.82) is 0 Å². The van der Waals surface area contributed by atoms with Crippen LogP contribution in [0.2, 0.25) is 0 Å². The maximum atomic E-state index is 9.47. The molecule has 18 heavy (non-hydrogen) atoms. The molecule has 0 aromatic carbocycles. The third-order valence-electron chi connectivity index (χ3n) is 3.80. The number of nitrogens with one attached hydrogen (secondary N) is 1. The number of nitrogens with zero attached hydrogens (tertiary/aromatic N) is 2. The molecule has 0 bridgehead atoms. The molecule has 2 rings (SSSR count). The highest BCUT2D eigenvalue weighted by atomic mass is 79.9. The second-order valence-electron chi connectivity index (χ2n) is 5.28. The van der Waals surface area contributed by atoms with Crippen LogP contribution in [0.15, 0.2) is 4.47 Å². The Labute approximate surface area is 117 Å². The monoisotopic (exact) mass is 315 g/mol. The molecule has 1 aliphatic carbocycles. The van der Waals surface area contributed by atoms with Crippen molar-refractivity contribution >= 4 is 15.9 Å². The van der Waals surface area contributed by atoms with Crippen molar-refractivity contribution in [3.8, 4) is 0 Å². The fourth-order valence-electron chi connectivity index (χ4n) is 2.62. The standard InChI is InChI=1S/C13H22BrN3O/c1-9-13(14)12(17(2)16-9)8-15-7-10-3-5-11(18)6-4-10/h10-11,15,18H,3-8H2,1-2H3. The predicted molar refractivity (Wildman–Crippen MR) is 75.3 cm³/mol. The number of halogens is 1. The lowest BCUT2D eigenvalue weighted by atomic mass is 9.87. The molecule has 0 saturated heterocycles. The Balaban J connectivity index is 1.78. The number of aromatic nitrogens is 2. The summed E-state index contributed by atoms with van der Waals surface area (Å²) in [5.74, 6) is 0.710. The van der Waals surface area contributed by atoms with Crippen LogP contribution in [-0.4, -0.2) is 27.5 Å². The number of aliphatic hydroxyl groups excluding tert-OH is 1. The minimum atomic E-state index is -0.0601. The van der Waals surface area contributed by atoms with Gasteiger partial charge in [-0.2, -0.15) is 5.10 Å². The fraction of sp³-hybridized carbons (Fsp3) is 0.769. The summed E-state index contributed by atoms with van der Waals surface area (Å²) in [4.78, 5) is 0. The molecule has 4 nitrogen and oxygen atoms in total. The van der Waals surface area contributed by atoms with E-state index in [1.165, 1.54) is 5.69 Å². The highest BCUT2D eigenvalue weighted by Crippen LogP contribution is 2.24. The van der Waals surface area contributed by atoms with Gasteiger partial charge in [0.1, 0.15) is 0 Å². The zero-order valence-corrected chi connectivity index (χ0v) is 12.7. The molecule has 1 aromatic heterocycles. The second-order valence-corrected chi connectivity index (χ2v) is 6.07. The Morgan fingerprint density at radius 1 is 1.39 bits per heavy atom. The van der Waals surface area contributed by atoms with Crippen molar-refractivity contribution in [2.24, 2.45) is 13.0 Å². The molecule has 102 valence electrons. The van der Waals surface area contributed by atoms with Gasteiger partial charge in [0.2, 0.25) is 0 Å². The van der Waals surface area contributed by atoms with Crippen molar-refractivity contribution in [3.63, 3.8) is 0 Å². The molecule has 5 heteroatoms. The predicted octanol–water partition coefficient (Wildman–Crippen LogP) is 2.13. The van der Waals surface area contributed by atoms with Crippen molar-refractivity contribution in [1.82, 2.24) is 15.1 Å². The second kappa shape index (κ2) is 6.17. The summed E-state index contributed by atoms with van der Waals surface area (Å²) in [7, 11) is 1.98. The summed E-state index contributed by atoms with van der Waals surface area (Å²) in [6.07, 6.45) is 4.14. The summed E-state index contributed by atoms with van der Waals surface area (Å²) in [6.45, 7) is 3.89. The Morgan fingerprint density at radius 2 is 2.06 bits per heavy atom. The average Bonchev–Trinajstić information content (AvgIpc) is 2.58. The molecule has 2 N–H and O–H groups in total. The molecule has 0 amide bonds. The summed E-state index contributed by atoms with van der Waals surface area (Å²) in [5.41, 5.74) is 2.23. The molecule has 0 aliphatic heterocycles. The SMILES string of the molecule is Cc1nn(C)c(CNCC2CCC(O)CC2)c1Br. The van der Waals surface area contributed by atoms with Gasteiger partial charge < -0.3 is 10.4 Å². The maximum Gasteiger partial charge on any atom is 0.0739 e. The first kappa shape index (κ1) is 14.0. The zero-order chi connectivity index (χ0) is 13.1. The number of hydrogen-bond acceptors (Lipinski definition) is 3. The van der Waals surface area contributed by atoms with Crippen LogP contribution in [-0.2, 0) is 13.6 Å². The Bertz CT molecular complexity index is 397. The lowest BCUT2D eigenvalue weighted by Crippen LogP contribution is -2.28. The number of aliphatic hydroxyl groups is 1. The van der Waals surface area contributed by atoms with E-state index < -0.39 is 0 Å². The Morgan fingerprint density at radius 3 is 2.61 bits per heavy atom. The van der Waals surface area contributed by atoms with Gasteiger partial charge in [-0.25, -0.2) is 0 Å². The summed E-state index contributed by atoms with van der Waals surface area (Å²) >= 11 is 3.58. The minimum Gasteiger partial charge on any atom is -0.393 e. The van der Waals surface area contributed by atoms with Crippen LogP contribution in [0.25, 0.3) is 0 Å². The van der Waals surface area contributed by atoms with Crippen LogP contribution >= 0.6 is 15.9 Å². The Kier molecular flexibility index (Phi) is 4.81. The molecule has 1 saturated carbocycles. The fourth-order valence-corrected chi connectivity index (χ4v) is 3.09. The highest BCUT2D eigenvalue weighted by Gasteiger charge is 2.19. The lowest BCUT2D eigenvalue weighted by molar-refractivity contribution is 0.108. The van der Waals surface area contributed by atoms with E-state index in [4.69, 9.17) is 0 Å². The summed E-state index contributed by atoms with van der Waals surface area (Å²) in [6, 6.07) is 0. The van der Waals surface area contributed by atoms with Gasteiger partial charge in [-0.3, -0.25) is 4.68 Å². The topological polar surface area (TPSA) is 50.1 Å². The van der Waals surface area contributed by atoms with Gasteiger partial charge >= 0.3 is 0 Å². The van der Waals surface area contributed by atoms with Crippen LogP contribution in [0, 0.1) is 12.8 Å². The molecule has 0 spiro atoms. The van der Waals surface area contributed by atoms with Crippen LogP contribution in [0.4, 0.5) is 0 Å². The average molecular weight is 316 g/mol. The van der Waals surface area contributed by atoms with Crippen molar-refractivity contribution in [2.45, 2.75) is 45.3 Å². The van der Waals surface area contributed by atoms with Gasteiger partial charge in [0, 0.05) is 13.6 Å². The molecule has 1 fully saturated rings. The third-order valence-corrected chi connectivity index (χ3v) is 4.83. The first-order valence-corrected chi connectivity index (χ1v) is 7.44. The van der Waals surface area contributed by atoms with E-state index in [0.717, 1.165) is 48.9 Å². The molecule has 1 heterocycles. The molecule has 1 aromatic rings. The number of rotatable bonds is 4. The normalized spacial score (nSPS) is 24.4. The first-order chi connectivity index (χ1) is 8.58. The smallest absolute Gasteiger partial charge is 0.0739 e. The van der Waals surface area contributed by atoms with E-state index in [1.807, 2.05) is 18.7 Å². The number of hydrogen-bond donors (Lipinski definition) is 2. The van der Waals surface area contributed by atoms with E-state index in [0.29, 0.717) is 5.92 Å². The van der Waals surface area contributed by atoms with Gasteiger partial charge in [0.25, 0.3) is 0 Å². The van der Waals surface area contributed by atoms with Gasteiger partial charge in [-0.05, 0) is 61.0 Å².